The van der Waals surface area contributed by atoms with Gasteiger partial charge in [-0.2, -0.15) is 0 Å². The molecule has 0 saturated heterocycles. The number of hydrogen-bond acceptors (Lipinski definition) is 4. The van der Waals surface area contributed by atoms with Gasteiger partial charge in [0.1, 0.15) is 12.4 Å². The Labute approximate surface area is 147 Å². The molecule has 0 heterocycles. The first kappa shape index (κ1) is 18.3. The molecule has 2 amide bonds. The van der Waals surface area contributed by atoms with E-state index in [2.05, 4.69) is 15.4 Å². The van der Waals surface area contributed by atoms with E-state index in [0.29, 0.717) is 25.3 Å². The summed E-state index contributed by atoms with van der Waals surface area (Å²) >= 11 is 0. The third kappa shape index (κ3) is 6.18. The topological polar surface area (TPSA) is 76.7 Å². The monoisotopic (exact) mass is 342 g/mol. The van der Waals surface area contributed by atoms with Crippen LogP contribution in [0, 0.1) is 6.92 Å². The number of ether oxygens (including phenoxy) is 2. The van der Waals surface area contributed by atoms with Gasteiger partial charge in [0.05, 0.1) is 19.2 Å². The average molecular weight is 342 g/mol. The van der Waals surface area contributed by atoms with Gasteiger partial charge in [-0.3, -0.25) is 0 Å². The van der Waals surface area contributed by atoms with Crippen LogP contribution in [0.25, 0.3) is 0 Å². The second-order valence-corrected chi connectivity index (χ2v) is 5.46. The number of esters is 1. The minimum absolute atomic E-state index is 0.274. The molecule has 0 aliphatic rings. The van der Waals surface area contributed by atoms with Crippen molar-refractivity contribution in [3.05, 3.63) is 65.2 Å². The molecule has 0 spiro atoms. The van der Waals surface area contributed by atoms with Crippen LogP contribution in [0.1, 0.15) is 21.5 Å². The minimum Gasteiger partial charge on any atom is -0.492 e. The molecule has 25 heavy (non-hydrogen) atoms. The lowest BCUT2D eigenvalue weighted by molar-refractivity contribution is 0.0600. The molecule has 0 unspecified atom stereocenters. The Bertz CT molecular complexity index is 696. The van der Waals surface area contributed by atoms with E-state index >= 15 is 0 Å². The molecule has 6 heteroatoms. The van der Waals surface area contributed by atoms with Gasteiger partial charge in [-0.15, -0.1) is 0 Å². The summed E-state index contributed by atoms with van der Waals surface area (Å²) in [5.41, 5.74) is 2.53. The zero-order valence-electron chi connectivity index (χ0n) is 14.4. The van der Waals surface area contributed by atoms with Crippen molar-refractivity contribution in [1.29, 1.82) is 0 Å². The van der Waals surface area contributed by atoms with Crippen molar-refractivity contribution in [2.75, 3.05) is 20.3 Å². The number of rotatable bonds is 7. The Morgan fingerprint density at radius 3 is 2.28 bits per heavy atom. The summed E-state index contributed by atoms with van der Waals surface area (Å²) in [6.07, 6.45) is 0. The lowest BCUT2D eigenvalue weighted by Gasteiger charge is -2.09. The first-order valence-corrected chi connectivity index (χ1v) is 7.97. The van der Waals surface area contributed by atoms with Gasteiger partial charge in [-0.25, -0.2) is 9.59 Å². The van der Waals surface area contributed by atoms with E-state index < -0.39 is 0 Å². The molecule has 2 N–H and O–H groups in total. The SMILES string of the molecule is COC(=O)c1ccc(CNC(=O)NCCOc2ccc(C)cc2)cc1. The second kappa shape index (κ2) is 9.32. The van der Waals surface area contributed by atoms with Gasteiger partial charge in [-0.1, -0.05) is 29.8 Å². The van der Waals surface area contributed by atoms with Gasteiger partial charge >= 0.3 is 12.0 Å². The van der Waals surface area contributed by atoms with E-state index in [9.17, 15) is 9.59 Å². The molecule has 2 aromatic rings. The maximum absolute atomic E-state index is 11.7. The van der Waals surface area contributed by atoms with Gasteiger partial charge in [0, 0.05) is 6.54 Å². The van der Waals surface area contributed by atoms with E-state index in [-0.39, 0.29) is 12.0 Å². The summed E-state index contributed by atoms with van der Waals surface area (Å²) in [6.45, 7) is 3.18. The normalized spacial score (nSPS) is 10.0. The molecule has 0 radical (unpaired) electrons. The van der Waals surface area contributed by atoms with Crippen LogP contribution >= 0.6 is 0 Å². The molecule has 0 aromatic heterocycles. The third-order valence-electron chi connectivity index (χ3n) is 3.51. The van der Waals surface area contributed by atoms with Gasteiger partial charge < -0.3 is 20.1 Å². The number of methoxy groups -OCH3 is 1. The number of carbonyl (C=O) groups is 2. The number of carbonyl (C=O) groups excluding carboxylic acids is 2. The van der Waals surface area contributed by atoms with Crippen LogP contribution in [0.5, 0.6) is 5.75 Å². The number of benzene rings is 2. The molecular weight excluding hydrogens is 320 g/mol. The summed E-state index contributed by atoms with van der Waals surface area (Å²) in [7, 11) is 1.34. The molecule has 6 nitrogen and oxygen atoms in total. The molecule has 0 fully saturated rings. The van der Waals surface area contributed by atoms with Gasteiger partial charge in [0.25, 0.3) is 0 Å². The van der Waals surface area contributed by atoms with Crippen LogP contribution in [0.4, 0.5) is 4.79 Å². The largest absolute Gasteiger partial charge is 0.492 e. The molecule has 0 bridgehead atoms. The third-order valence-corrected chi connectivity index (χ3v) is 3.51. The Balaban J connectivity index is 1.65. The first-order valence-electron chi connectivity index (χ1n) is 7.97. The lowest BCUT2D eigenvalue weighted by Crippen LogP contribution is -2.37. The fourth-order valence-electron chi connectivity index (χ4n) is 2.09. The van der Waals surface area contributed by atoms with Crippen molar-refractivity contribution < 1.29 is 19.1 Å². The van der Waals surface area contributed by atoms with Gasteiger partial charge in [-0.05, 0) is 36.8 Å². The molecule has 0 aliphatic carbocycles. The van der Waals surface area contributed by atoms with Crippen LogP contribution in [-0.2, 0) is 11.3 Å². The predicted octanol–water partition coefficient (Wildman–Crippen LogP) is 2.66. The van der Waals surface area contributed by atoms with Crippen LogP contribution in [0.15, 0.2) is 48.5 Å². The summed E-state index contributed by atoms with van der Waals surface area (Å²) in [5.74, 6) is 0.393. The summed E-state index contributed by atoms with van der Waals surface area (Å²) in [5, 5.41) is 5.47. The highest BCUT2D eigenvalue weighted by molar-refractivity contribution is 5.89. The van der Waals surface area contributed by atoms with Crippen molar-refractivity contribution in [3.8, 4) is 5.75 Å². The summed E-state index contributed by atoms with van der Waals surface area (Å²) < 4.78 is 10.2. The summed E-state index contributed by atoms with van der Waals surface area (Å²) in [6, 6.07) is 14.3. The zero-order chi connectivity index (χ0) is 18.1. The van der Waals surface area contributed by atoms with Crippen LogP contribution in [0.2, 0.25) is 0 Å². The van der Waals surface area contributed by atoms with Crippen LogP contribution in [0.3, 0.4) is 0 Å². The smallest absolute Gasteiger partial charge is 0.337 e. The van der Waals surface area contributed by atoms with Gasteiger partial charge in [0.2, 0.25) is 0 Å². The molecule has 2 aromatic carbocycles. The van der Waals surface area contributed by atoms with Crippen molar-refractivity contribution in [3.63, 3.8) is 0 Å². The molecule has 132 valence electrons. The Morgan fingerprint density at radius 1 is 0.960 bits per heavy atom. The van der Waals surface area contributed by atoms with Crippen molar-refractivity contribution in [2.24, 2.45) is 0 Å². The molecule has 0 atom stereocenters. The van der Waals surface area contributed by atoms with E-state index in [1.165, 1.54) is 12.7 Å². The Hall–Kier alpha value is -3.02. The molecular formula is C19H22N2O4. The Morgan fingerprint density at radius 2 is 1.64 bits per heavy atom. The molecule has 0 aliphatic heterocycles. The van der Waals surface area contributed by atoms with E-state index in [1.54, 1.807) is 24.3 Å². The van der Waals surface area contributed by atoms with Gasteiger partial charge in [0.15, 0.2) is 0 Å². The number of urea groups is 1. The first-order chi connectivity index (χ1) is 12.1. The second-order valence-electron chi connectivity index (χ2n) is 5.46. The van der Waals surface area contributed by atoms with E-state index in [0.717, 1.165) is 11.3 Å². The quantitative estimate of drug-likeness (QED) is 0.599. The molecule has 2 rings (SSSR count). The lowest BCUT2D eigenvalue weighted by atomic mass is 10.1. The zero-order valence-corrected chi connectivity index (χ0v) is 14.4. The van der Waals surface area contributed by atoms with Crippen molar-refractivity contribution in [2.45, 2.75) is 13.5 Å². The highest BCUT2D eigenvalue weighted by Gasteiger charge is 2.05. The number of aryl methyl sites for hydroxylation is 1. The minimum atomic E-state index is -0.383. The fourth-order valence-corrected chi connectivity index (χ4v) is 2.09. The van der Waals surface area contributed by atoms with Crippen LogP contribution < -0.4 is 15.4 Å². The fraction of sp³-hybridized carbons (Fsp3) is 0.263. The van der Waals surface area contributed by atoms with Crippen molar-refractivity contribution in [1.82, 2.24) is 10.6 Å². The number of hydrogen-bond donors (Lipinski definition) is 2. The highest BCUT2D eigenvalue weighted by atomic mass is 16.5. The van der Waals surface area contributed by atoms with Crippen LogP contribution in [-0.4, -0.2) is 32.3 Å². The molecule has 0 saturated carbocycles. The number of nitrogens with one attached hydrogen (secondary N) is 2. The highest BCUT2D eigenvalue weighted by Crippen LogP contribution is 2.10. The predicted molar refractivity (Wildman–Crippen MR) is 94.7 cm³/mol. The average Bonchev–Trinajstić information content (AvgIpc) is 2.64. The standard InChI is InChI=1S/C19H22N2O4/c1-14-3-9-17(10-4-14)25-12-11-20-19(23)21-13-15-5-7-16(8-6-15)18(22)24-2/h3-10H,11-13H2,1-2H3,(H2,20,21,23). The number of amides is 2. The summed E-state index contributed by atoms with van der Waals surface area (Å²) in [4.78, 5) is 23.1. The van der Waals surface area contributed by atoms with Crippen molar-refractivity contribution >= 4 is 12.0 Å². The maximum atomic E-state index is 11.7. The Kier molecular flexibility index (Phi) is 6.83. The van der Waals surface area contributed by atoms with E-state index in [4.69, 9.17) is 4.74 Å². The maximum Gasteiger partial charge on any atom is 0.337 e. The van der Waals surface area contributed by atoms with E-state index in [1.807, 2.05) is 31.2 Å².